The molecule has 1 heterocycles. The van der Waals surface area contributed by atoms with Crippen molar-refractivity contribution in [3.05, 3.63) is 42.0 Å². The SMILES string of the molecule is COC(=O)c1cc(N2CCNCC2)cc2ccccc12. The molecular weight excluding hydrogens is 252 g/mol. The van der Waals surface area contributed by atoms with Gasteiger partial charge in [0.05, 0.1) is 12.7 Å². The van der Waals surface area contributed by atoms with E-state index in [1.54, 1.807) is 0 Å². The monoisotopic (exact) mass is 270 g/mol. The van der Waals surface area contributed by atoms with Gasteiger partial charge in [-0.15, -0.1) is 0 Å². The third-order valence-corrected chi connectivity index (χ3v) is 3.73. The van der Waals surface area contributed by atoms with Gasteiger partial charge in [-0.1, -0.05) is 24.3 Å². The molecule has 0 bridgehead atoms. The smallest absolute Gasteiger partial charge is 0.338 e. The van der Waals surface area contributed by atoms with Gasteiger partial charge in [-0.3, -0.25) is 0 Å². The van der Waals surface area contributed by atoms with Gasteiger partial charge in [-0.25, -0.2) is 4.79 Å². The Morgan fingerprint density at radius 2 is 1.95 bits per heavy atom. The molecular formula is C16H18N2O2. The Labute approximate surface area is 118 Å². The van der Waals surface area contributed by atoms with Crippen LogP contribution in [0.4, 0.5) is 5.69 Å². The highest BCUT2D eigenvalue weighted by Crippen LogP contribution is 2.27. The number of fused-ring (bicyclic) bond motifs is 1. The van der Waals surface area contributed by atoms with E-state index in [-0.39, 0.29) is 5.97 Å². The maximum atomic E-state index is 12.0. The number of ether oxygens (including phenoxy) is 1. The molecule has 2 aromatic rings. The lowest BCUT2D eigenvalue weighted by molar-refractivity contribution is 0.0603. The molecule has 1 N–H and O–H groups in total. The number of rotatable bonds is 2. The van der Waals surface area contributed by atoms with Crippen molar-refractivity contribution in [1.29, 1.82) is 0 Å². The Hall–Kier alpha value is -2.07. The van der Waals surface area contributed by atoms with E-state index < -0.39 is 0 Å². The highest BCUT2D eigenvalue weighted by molar-refractivity contribution is 6.06. The number of anilines is 1. The minimum atomic E-state index is -0.279. The summed E-state index contributed by atoms with van der Waals surface area (Å²) < 4.78 is 4.92. The van der Waals surface area contributed by atoms with Crippen LogP contribution in [0.15, 0.2) is 36.4 Å². The molecule has 1 fully saturated rings. The molecule has 1 aliphatic rings. The molecule has 0 radical (unpaired) electrons. The van der Waals surface area contributed by atoms with E-state index in [0.717, 1.165) is 42.6 Å². The summed E-state index contributed by atoms with van der Waals surface area (Å²) in [5.41, 5.74) is 1.73. The Balaban J connectivity index is 2.11. The Bertz CT molecular complexity index is 633. The van der Waals surface area contributed by atoms with Crippen LogP contribution < -0.4 is 10.2 Å². The first-order valence-electron chi connectivity index (χ1n) is 6.86. The van der Waals surface area contributed by atoms with Crippen LogP contribution in [0, 0.1) is 0 Å². The zero-order chi connectivity index (χ0) is 13.9. The predicted molar refractivity (Wildman–Crippen MR) is 80.4 cm³/mol. The normalized spacial score (nSPS) is 15.3. The zero-order valence-electron chi connectivity index (χ0n) is 11.6. The van der Waals surface area contributed by atoms with Gasteiger partial charge in [-0.05, 0) is 22.9 Å². The minimum absolute atomic E-state index is 0.279. The summed E-state index contributed by atoms with van der Waals surface area (Å²) >= 11 is 0. The molecule has 0 amide bonds. The van der Waals surface area contributed by atoms with Crippen LogP contribution in [0.1, 0.15) is 10.4 Å². The summed E-state index contributed by atoms with van der Waals surface area (Å²) in [7, 11) is 1.43. The summed E-state index contributed by atoms with van der Waals surface area (Å²) in [5.74, 6) is -0.279. The van der Waals surface area contributed by atoms with Crippen molar-refractivity contribution in [2.45, 2.75) is 0 Å². The summed E-state index contributed by atoms with van der Waals surface area (Å²) in [4.78, 5) is 14.3. The van der Waals surface area contributed by atoms with Gasteiger partial charge >= 0.3 is 5.97 Å². The number of carbonyl (C=O) groups excluding carboxylic acids is 1. The van der Waals surface area contributed by atoms with E-state index in [2.05, 4.69) is 16.3 Å². The maximum absolute atomic E-state index is 12.0. The number of carbonyl (C=O) groups is 1. The highest BCUT2D eigenvalue weighted by atomic mass is 16.5. The van der Waals surface area contributed by atoms with E-state index in [9.17, 15) is 4.79 Å². The number of nitrogens with one attached hydrogen (secondary N) is 1. The number of hydrogen-bond acceptors (Lipinski definition) is 4. The van der Waals surface area contributed by atoms with Crippen LogP contribution in [0.5, 0.6) is 0 Å². The van der Waals surface area contributed by atoms with Crippen LogP contribution in [0.2, 0.25) is 0 Å². The highest BCUT2D eigenvalue weighted by Gasteiger charge is 2.16. The first-order chi connectivity index (χ1) is 9.79. The second kappa shape index (κ2) is 5.51. The third kappa shape index (κ3) is 2.34. The van der Waals surface area contributed by atoms with Gasteiger partial charge in [0.2, 0.25) is 0 Å². The van der Waals surface area contributed by atoms with Gasteiger partial charge < -0.3 is 15.0 Å². The molecule has 20 heavy (non-hydrogen) atoms. The molecule has 0 spiro atoms. The van der Waals surface area contributed by atoms with Gasteiger partial charge in [0.1, 0.15) is 0 Å². The minimum Gasteiger partial charge on any atom is -0.465 e. The van der Waals surface area contributed by atoms with E-state index in [1.165, 1.54) is 7.11 Å². The molecule has 0 aromatic heterocycles. The summed E-state index contributed by atoms with van der Waals surface area (Å²) in [6.45, 7) is 3.86. The van der Waals surface area contributed by atoms with Crippen molar-refractivity contribution in [2.24, 2.45) is 0 Å². The van der Waals surface area contributed by atoms with Crippen LogP contribution in [0.25, 0.3) is 10.8 Å². The Morgan fingerprint density at radius 3 is 2.70 bits per heavy atom. The first kappa shape index (κ1) is 12.9. The quantitative estimate of drug-likeness (QED) is 0.848. The lowest BCUT2D eigenvalue weighted by Crippen LogP contribution is -2.43. The molecule has 0 unspecified atom stereocenters. The van der Waals surface area contributed by atoms with Gasteiger partial charge in [0, 0.05) is 31.9 Å². The first-order valence-corrected chi connectivity index (χ1v) is 6.86. The van der Waals surface area contributed by atoms with Crippen molar-refractivity contribution in [1.82, 2.24) is 5.32 Å². The van der Waals surface area contributed by atoms with Crippen LogP contribution in [-0.2, 0) is 4.74 Å². The lowest BCUT2D eigenvalue weighted by atomic mass is 10.0. The molecule has 1 saturated heterocycles. The second-order valence-electron chi connectivity index (χ2n) is 4.94. The largest absolute Gasteiger partial charge is 0.465 e. The second-order valence-corrected chi connectivity index (χ2v) is 4.94. The molecule has 4 nitrogen and oxygen atoms in total. The van der Waals surface area contributed by atoms with E-state index in [4.69, 9.17) is 4.74 Å². The van der Waals surface area contributed by atoms with Crippen molar-refractivity contribution in [2.75, 3.05) is 38.2 Å². The number of esters is 1. The molecule has 4 heteroatoms. The van der Waals surface area contributed by atoms with Gasteiger partial charge in [0.15, 0.2) is 0 Å². The lowest BCUT2D eigenvalue weighted by Gasteiger charge is -2.30. The zero-order valence-corrected chi connectivity index (χ0v) is 11.6. The fourth-order valence-electron chi connectivity index (χ4n) is 2.68. The molecule has 0 atom stereocenters. The average molecular weight is 270 g/mol. The molecule has 0 saturated carbocycles. The third-order valence-electron chi connectivity index (χ3n) is 3.73. The molecule has 2 aromatic carbocycles. The van der Waals surface area contributed by atoms with E-state index >= 15 is 0 Å². The van der Waals surface area contributed by atoms with Crippen LogP contribution in [0.3, 0.4) is 0 Å². The number of nitrogens with zero attached hydrogens (tertiary/aromatic N) is 1. The fourth-order valence-corrected chi connectivity index (χ4v) is 2.68. The molecule has 1 aliphatic heterocycles. The van der Waals surface area contributed by atoms with Crippen LogP contribution in [-0.4, -0.2) is 39.3 Å². The van der Waals surface area contributed by atoms with E-state index in [0.29, 0.717) is 5.56 Å². The fraction of sp³-hybridized carbons (Fsp3) is 0.312. The predicted octanol–water partition coefficient (Wildman–Crippen LogP) is 2.04. The number of piperazine rings is 1. The number of methoxy groups -OCH3 is 1. The Morgan fingerprint density at radius 1 is 1.20 bits per heavy atom. The summed E-state index contributed by atoms with van der Waals surface area (Å²) in [5, 5.41) is 5.35. The van der Waals surface area contributed by atoms with Gasteiger partial charge in [-0.2, -0.15) is 0 Å². The van der Waals surface area contributed by atoms with Crippen molar-refractivity contribution in [3.63, 3.8) is 0 Å². The number of hydrogen-bond donors (Lipinski definition) is 1. The summed E-state index contributed by atoms with van der Waals surface area (Å²) in [6.07, 6.45) is 0. The standard InChI is InChI=1S/C16H18N2O2/c1-20-16(19)15-11-13(18-8-6-17-7-9-18)10-12-4-2-3-5-14(12)15/h2-5,10-11,17H,6-9H2,1H3. The number of benzene rings is 2. The van der Waals surface area contributed by atoms with Crippen LogP contribution >= 0.6 is 0 Å². The molecule has 3 rings (SSSR count). The van der Waals surface area contributed by atoms with Crippen molar-refractivity contribution < 1.29 is 9.53 Å². The maximum Gasteiger partial charge on any atom is 0.338 e. The van der Waals surface area contributed by atoms with Crippen molar-refractivity contribution in [3.8, 4) is 0 Å². The van der Waals surface area contributed by atoms with E-state index in [1.807, 2.05) is 30.3 Å². The topological polar surface area (TPSA) is 41.6 Å². The molecule has 0 aliphatic carbocycles. The Kier molecular flexibility index (Phi) is 3.56. The molecule has 104 valence electrons. The van der Waals surface area contributed by atoms with Gasteiger partial charge in [0.25, 0.3) is 0 Å². The average Bonchev–Trinajstić information content (AvgIpc) is 2.54. The van der Waals surface area contributed by atoms with Crippen molar-refractivity contribution >= 4 is 22.4 Å². The summed E-state index contributed by atoms with van der Waals surface area (Å²) in [6, 6.07) is 12.0.